The monoisotopic (exact) mass is 237 g/mol. The van der Waals surface area contributed by atoms with E-state index in [9.17, 15) is 9.90 Å². The van der Waals surface area contributed by atoms with Crippen molar-refractivity contribution in [3.63, 3.8) is 0 Å². The zero-order valence-electron chi connectivity index (χ0n) is 8.64. The fourth-order valence-corrected chi connectivity index (χ4v) is 1.79. The summed E-state index contributed by atoms with van der Waals surface area (Å²) in [6.07, 6.45) is 1.08. The van der Waals surface area contributed by atoms with Gasteiger partial charge < -0.3 is 9.67 Å². The van der Waals surface area contributed by atoms with E-state index in [0.717, 1.165) is 5.52 Å². The number of hydrogen-bond acceptors (Lipinski definition) is 2. The molecule has 0 amide bonds. The van der Waals surface area contributed by atoms with E-state index in [1.54, 1.807) is 12.3 Å². The van der Waals surface area contributed by atoms with Crippen molar-refractivity contribution in [1.29, 1.82) is 0 Å². The molecule has 1 aromatic carbocycles. The van der Waals surface area contributed by atoms with Crippen LogP contribution in [0.2, 0.25) is 0 Å². The molecule has 0 aliphatic rings. The first-order valence-electron chi connectivity index (χ1n) is 5.04. The highest BCUT2D eigenvalue weighted by Gasteiger charge is 2.06. The van der Waals surface area contributed by atoms with E-state index in [0.29, 0.717) is 11.9 Å². The van der Waals surface area contributed by atoms with Crippen LogP contribution in [0.3, 0.4) is 0 Å². The van der Waals surface area contributed by atoms with E-state index in [2.05, 4.69) is 0 Å². The van der Waals surface area contributed by atoms with E-state index in [-0.39, 0.29) is 11.3 Å². The smallest absolute Gasteiger partial charge is 0.189 e. The normalized spacial score (nSPS) is 12.9. The number of pyridine rings is 1. The summed E-state index contributed by atoms with van der Waals surface area (Å²) in [7, 11) is 0. The van der Waals surface area contributed by atoms with E-state index in [4.69, 9.17) is 11.6 Å². The highest BCUT2D eigenvalue weighted by atomic mass is 35.5. The van der Waals surface area contributed by atoms with Crippen LogP contribution >= 0.6 is 11.6 Å². The molecule has 1 aromatic heterocycles. The molecular weight excluding hydrogens is 226 g/mol. The molecule has 3 nitrogen and oxygen atoms in total. The van der Waals surface area contributed by atoms with Gasteiger partial charge in [-0.1, -0.05) is 12.1 Å². The van der Waals surface area contributed by atoms with Crippen LogP contribution in [0.4, 0.5) is 0 Å². The van der Waals surface area contributed by atoms with Gasteiger partial charge in [0.1, 0.15) is 0 Å². The molecule has 16 heavy (non-hydrogen) atoms. The number of para-hydroxylation sites is 1. The molecule has 1 N–H and O–H groups in total. The van der Waals surface area contributed by atoms with Crippen LogP contribution in [0.5, 0.6) is 0 Å². The number of aromatic nitrogens is 1. The van der Waals surface area contributed by atoms with Crippen LogP contribution in [0.1, 0.15) is 0 Å². The molecule has 2 aromatic rings. The summed E-state index contributed by atoms with van der Waals surface area (Å²) in [4.78, 5) is 11.6. The number of aliphatic hydroxyl groups excluding tert-OH is 1. The van der Waals surface area contributed by atoms with Gasteiger partial charge in [-0.15, -0.1) is 11.6 Å². The van der Waals surface area contributed by atoms with Gasteiger partial charge in [0.15, 0.2) is 5.43 Å². The number of rotatable bonds is 3. The Morgan fingerprint density at radius 2 is 2.06 bits per heavy atom. The van der Waals surface area contributed by atoms with Crippen LogP contribution < -0.4 is 5.43 Å². The Hall–Kier alpha value is -1.32. The predicted octanol–water partition coefficient (Wildman–Crippen LogP) is 1.60. The number of benzene rings is 1. The molecule has 1 unspecified atom stereocenters. The van der Waals surface area contributed by atoms with Crippen molar-refractivity contribution in [1.82, 2.24) is 4.57 Å². The number of alkyl halides is 1. The van der Waals surface area contributed by atoms with Crippen molar-refractivity contribution < 1.29 is 5.11 Å². The Kier molecular flexibility index (Phi) is 3.27. The first-order chi connectivity index (χ1) is 7.72. The maximum absolute atomic E-state index is 11.6. The second kappa shape index (κ2) is 4.68. The minimum Gasteiger partial charge on any atom is -0.390 e. The van der Waals surface area contributed by atoms with Gasteiger partial charge in [-0.2, -0.15) is 0 Å². The van der Waals surface area contributed by atoms with Gasteiger partial charge in [0.2, 0.25) is 0 Å². The van der Waals surface area contributed by atoms with E-state index in [1.807, 2.05) is 22.8 Å². The molecule has 1 heterocycles. The molecule has 0 aliphatic carbocycles. The SMILES string of the molecule is O=c1ccn(CC(O)CCl)c2ccccc12. The summed E-state index contributed by atoms with van der Waals surface area (Å²) < 4.78 is 1.84. The topological polar surface area (TPSA) is 42.2 Å². The molecule has 4 heteroatoms. The van der Waals surface area contributed by atoms with E-state index < -0.39 is 6.10 Å². The van der Waals surface area contributed by atoms with Crippen molar-refractivity contribution in [3.05, 3.63) is 46.8 Å². The second-order valence-corrected chi connectivity index (χ2v) is 3.97. The summed E-state index contributed by atoms with van der Waals surface area (Å²) in [5.74, 6) is 0.181. The summed E-state index contributed by atoms with van der Waals surface area (Å²) in [6.45, 7) is 0.393. The highest BCUT2D eigenvalue weighted by molar-refractivity contribution is 6.18. The molecule has 0 fully saturated rings. The molecule has 84 valence electrons. The van der Waals surface area contributed by atoms with Gasteiger partial charge in [-0.05, 0) is 12.1 Å². The zero-order valence-corrected chi connectivity index (χ0v) is 9.39. The third-order valence-corrected chi connectivity index (χ3v) is 2.83. The predicted molar refractivity (Wildman–Crippen MR) is 64.9 cm³/mol. The Labute approximate surface area is 97.9 Å². The largest absolute Gasteiger partial charge is 0.390 e. The first-order valence-corrected chi connectivity index (χ1v) is 5.58. The number of nitrogens with zero attached hydrogens (tertiary/aromatic N) is 1. The van der Waals surface area contributed by atoms with Crippen molar-refractivity contribution in [2.45, 2.75) is 12.6 Å². The zero-order chi connectivity index (χ0) is 11.5. The molecule has 1 atom stereocenters. The molecular formula is C12H12ClNO2. The fraction of sp³-hybridized carbons (Fsp3) is 0.250. The number of hydrogen-bond donors (Lipinski definition) is 1. The van der Waals surface area contributed by atoms with Crippen LogP contribution in [0.15, 0.2) is 41.3 Å². The molecule has 0 radical (unpaired) electrons. The fourth-order valence-electron chi connectivity index (χ4n) is 1.70. The Morgan fingerprint density at radius 3 is 2.81 bits per heavy atom. The lowest BCUT2D eigenvalue weighted by atomic mass is 10.2. The standard InChI is InChI=1S/C12H12ClNO2/c13-7-9(15)8-14-6-5-12(16)10-3-1-2-4-11(10)14/h1-6,9,15H,7-8H2. The average molecular weight is 238 g/mol. The van der Waals surface area contributed by atoms with Crippen molar-refractivity contribution >= 4 is 22.5 Å². The molecule has 0 saturated carbocycles. The molecule has 0 spiro atoms. The molecule has 0 bridgehead atoms. The van der Waals surface area contributed by atoms with E-state index in [1.165, 1.54) is 6.07 Å². The van der Waals surface area contributed by atoms with Crippen molar-refractivity contribution in [3.8, 4) is 0 Å². The van der Waals surface area contributed by atoms with Crippen LogP contribution in [-0.2, 0) is 6.54 Å². The summed E-state index contributed by atoms with van der Waals surface area (Å²) in [6, 6.07) is 8.83. The van der Waals surface area contributed by atoms with Crippen molar-refractivity contribution in [2.24, 2.45) is 0 Å². The average Bonchev–Trinajstić information content (AvgIpc) is 2.33. The quantitative estimate of drug-likeness (QED) is 0.824. The number of fused-ring (bicyclic) bond motifs is 1. The van der Waals surface area contributed by atoms with E-state index >= 15 is 0 Å². The molecule has 0 saturated heterocycles. The van der Waals surface area contributed by atoms with Crippen LogP contribution in [-0.4, -0.2) is 21.7 Å². The number of aliphatic hydroxyl groups is 1. The minimum absolute atomic E-state index is 0.00721. The molecule has 0 aliphatic heterocycles. The Morgan fingerprint density at radius 1 is 1.31 bits per heavy atom. The van der Waals surface area contributed by atoms with Gasteiger partial charge >= 0.3 is 0 Å². The van der Waals surface area contributed by atoms with Crippen LogP contribution in [0, 0.1) is 0 Å². The van der Waals surface area contributed by atoms with Crippen molar-refractivity contribution in [2.75, 3.05) is 5.88 Å². The highest BCUT2D eigenvalue weighted by Crippen LogP contribution is 2.10. The van der Waals surface area contributed by atoms with Gasteiger partial charge in [-0.25, -0.2) is 0 Å². The van der Waals surface area contributed by atoms with Gasteiger partial charge in [0.25, 0.3) is 0 Å². The summed E-state index contributed by atoms with van der Waals surface area (Å²) >= 11 is 5.56. The second-order valence-electron chi connectivity index (χ2n) is 3.66. The maximum atomic E-state index is 11.6. The minimum atomic E-state index is -0.604. The molecule has 2 rings (SSSR count). The van der Waals surface area contributed by atoms with Gasteiger partial charge in [-0.3, -0.25) is 4.79 Å². The third-order valence-electron chi connectivity index (χ3n) is 2.47. The van der Waals surface area contributed by atoms with Crippen LogP contribution in [0.25, 0.3) is 10.9 Å². The lowest BCUT2D eigenvalue weighted by Gasteiger charge is -2.13. The summed E-state index contributed by atoms with van der Waals surface area (Å²) in [5.41, 5.74) is 0.811. The lowest BCUT2D eigenvalue weighted by molar-refractivity contribution is 0.178. The lowest BCUT2D eigenvalue weighted by Crippen LogP contribution is -2.19. The first kappa shape index (κ1) is 11.2. The van der Waals surface area contributed by atoms with Gasteiger partial charge in [0.05, 0.1) is 17.5 Å². The Bertz CT molecular complexity index is 550. The maximum Gasteiger partial charge on any atom is 0.189 e. The Balaban J connectivity index is 2.54. The summed E-state index contributed by atoms with van der Waals surface area (Å²) in [5, 5.41) is 10.2. The third kappa shape index (κ3) is 2.10. The number of halogens is 1. The van der Waals surface area contributed by atoms with Gasteiger partial charge in [0, 0.05) is 24.2 Å².